The molecule has 5 heteroatoms. The normalized spacial score (nSPS) is 27.2. The third kappa shape index (κ3) is 8.89. The second-order valence-electron chi connectivity index (χ2n) is 7.71. The van der Waals surface area contributed by atoms with Gasteiger partial charge in [0.15, 0.2) is 0 Å². The molecule has 0 spiro atoms. The fraction of sp³-hybridized carbons (Fsp3) is 0.727. The van der Waals surface area contributed by atoms with Crippen molar-refractivity contribution in [1.82, 2.24) is 0 Å². The molecule has 1 aliphatic carbocycles. The number of esters is 1. The molecule has 0 heterocycles. The van der Waals surface area contributed by atoms with Gasteiger partial charge < -0.3 is 20.1 Å². The Bertz CT molecular complexity index is 531. The van der Waals surface area contributed by atoms with Crippen LogP contribution >= 0.6 is 0 Å². The van der Waals surface area contributed by atoms with Crippen molar-refractivity contribution in [1.29, 1.82) is 0 Å². The van der Waals surface area contributed by atoms with E-state index in [1.165, 1.54) is 7.11 Å². The third-order valence-electron chi connectivity index (χ3n) is 5.23. The smallest absolute Gasteiger partial charge is 0.305 e. The van der Waals surface area contributed by atoms with Crippen molar-refractivity contribution in [3.63, 3.8) is 0 Å². The van der Waals surface area contributed by atoms with Crippen LogP contribution in [0.2, 0.25) is 0 Å². The number of methoxy groups -OCH3 is 1. The largest absolute Gasteiger partial charge is 0.469 e. The van der Waals surface area contributed by atoms with Crippen LogP contribution < -0.4 is 0 Å². The fourth-order valence-corrected chi connectivity index (χ4v) is 3.50. The Labute approximate surface area is 163 Å². The number of carbonyl (C=O) groups excluding carboxylic acids is 1. The zero-order chi connectivity index (χ0) is 20.3. The molecule has 0 bridgehead atoms. The van der Waals surface area contributed by atoms with E-state index in [2.05, 4.69) is 17.4 Å². The van der Waals surface area contributed by atoms with Crippen LogP contribution in [0.3, 0.4) is 0 Å². The van der Waals surface area contributed by atoms with Crippen LogP contribution in [0, 0.1) is 11.8 Å². The van der Waals surface area contributed by atoms with Gasteiger partial charge in [0.05, 0.1) is 24.9 Å². The fourth-order valence-electron chi connectivity index (χ4n) is 3.50. The summed E-state index contributed by atoms with van der Waals surface area (Å²) in [5.74, 6) is -0.548. The standard InChI is InChI=1S/C22H36O5/c1-4-5-10-14-22(2,26)15-13-18-17(19(23)16-20(18)24)11-8-6-7-9-12-21(25)27-3/h7-8,13,15,17-20,23-24,26H,4-5,9-12,14,16H2,1-3H3/b15-13+. The zero-order valence-electron chi connectivity index (χ0n) is 16.9. The summed E-state index contributed by atoms with van der Waals surface area (Å²) < 4.78 is 4.58. The average molecular weight is 381 g/mol. The zero-order valence-corrected chi connectivity index (χ0v) is 16.9. The first-order valence-electron chi connectivity index (χ1n) is 10.0. The number of unbranched alkanes of at least 4 members (excludes halogenated alkanes) is 2. The molecule has 1 aliphatic rings. The Hall–Kier alpha value is -1.39. The lowest BCUT2D eigenvalue weighted by Crippen LogP contribution is -2.24. The molecule has 1 saturated carbocycles. The van der Waals surface area contributed by atoms with E-state index < -0.39 is 17.8 Å². The van der Waals surface area contributed by atoms with E-state index in [4.69, 9.17) is 0 Å². The molecule has 0 aliphatic heterocycles. The molecule has 3 N–H and O–H groups in total. The molecule has 0 aromatic rings. The Morgan fingerprint density at radius 2 is 2.00 bits per heavy atom. The number of hydrogen-bond donors (Lipinski definition) is 3. The van der Waals surface area contributed by atoms with Gasteiger partial charge in [0.2, 0.25) is 0 Å². The Kier molecular flexibility index (Phi) is 10.6. The molecule has 1 fully saturated rings. The van der Waals surface area contributed by atoms with E-state index in [1.54, 1.807) is 19.1 Å². The SMILES string of the molecule is CCCCCC(C)(O)/C=C/C1C(O)CC(O)C1CC=C=CCCC(=O)OC. The molecule has 0 aromatic heterocycles. The van der Waals surface area contributed by atoms with E-state index in [0.29, 0.717) is 32.1 Å². The molecule has 0 radical (unpaired) electrons. The van der Waals surface area contributed by atoms with Gasteiger partial charge in [-0.15, -0.1) is 5.73 Å². The van der Waals surface area contributed by atoms with Crippen LogP contribution in [0.25, 0.3) is 0 Å². The van der Waals surface area contributed by atoms with Crippen molar-refractivity contribution in [3.8, 4) is 0 Å². The van der Waals surface area contributed by atoms with E-state index in [-0.39, 0.29) is 17.8 Å². The number of aliphatic hydroxyl groups excluding tert-OH is 2. The second kappa shape index (κ2) is 12.1. The number of ether oxygens (including phenoxy) is 1. The number of rotatable bonds is 11. The van der Waals surface area contributed by atoms with Crippen molar-refractivity contribution in [3.05, 3.63) is 30.0 Å². The van der Waals surface area contributed by atoms with Crippen molar-refractivity contribution in [2.24, 2.45) is 11.8 Å². The molecule has 0 saturated heterocycles. The van der Waals surface area contributed by atoms with Gasteiger partial charge in [0.1, 0.15) is 0 Å². The second-order valence-corrected chi connectivity index (χ2v) is 7.71. The molecule has 1 rings (SSSR count). The summed E-state index contributed by atoms with van der Waals surface area (Å²) in [7, 11) is 1.36. The quantitative estimate of drug-likeness (QED) is 0.222. The Morgan fingerprint density at radius 1 is 1.26 bits per heavy atom. The minimum Gasteiger partial charge on any atom is -0.469 e. The van der Waals surface area contributed by atoms with Crippen LogP contribution in [0.4, 0.5) is 0 Å². The van der Waals surface area contributed by atoms with E-state index in [9.17, 15) is 20.1 Å². The number of hydrogen-bond acceptors (Lipinski definition) is 5. The van der Waals surface area contributed by atoms with Crippen LogP contribution in [0.5, 0.6) is 0 Å². The van der Waals surface area contributed by atoms with Gasteiger partial charge in [0.25, 0.3) is 0 Å². The van der Waals surface area contributed by atoms with Gasteiger partial charge in [-0.25, -0.2) is 0 Å². The first kappa shape index (κ1) is 23.6. The van der Waals surface area contributed by atoms with Crippen LogP contribution in [0.15, 0.2) is 30.0 Å². The summed E-state index contributed by atoms with van der Waals surface area (Å²) in [4.78, 5) is 11.0. The summed E-state index contributed by atoms with van der Waals surface area (Å²) in [5, 5.41) is 31.0. The summed E-state index contributed by atoms with van der Waals surface area (Å²) >= 11 is 0. The van der Waals surface area contributed by atoms with Gasteiger partial charge in [-0.1, -0.05) is 38.3 Å². The molecular formula is C22H36O5. The highest BCUT2D eigenvalue weighted by Crippen LogP contribution is 2.36. The molecule has 27 heavy (non-hydrogen) atoms. The van der Waals surface area contributed by atoms with Crippen molar-refractivity contribution < 1.29 is 24.9 Å². The van der Waals surface area contributed by atoms with Crippen molar-refractivity contribution in [2.75, 3.05) is 7.11 Å². The van der Waals surface area contributed by atoms with Crippen molar-refractivity contribution in [2.45, 2.75) is 83.0 Å². The number of aliphatic hydroxyl groups is 3. The van der Waals surface area contributed by atoms with Crippen molar-refractivity contribution >= 4 is 5.97 Å². The van der Waals surface area contributed by atoms with Gasteiger partial charge >= 0.3 is 5.97 Å². The maximum atomic E-state index is 11.0. The van der Waals surface area contributed by atoms with Crippen LogP contribution in [-0.2, 0) is 9.53 Å². The maximum absolute atomic E-state index is 11.0. The van der Waals surface area contributed by atoms with Gasteiger partial charge in [0, 0.05) is 18.8 Å². The van der Waals surface area contributed by atoms with Crippen LogP contribution in [-0.4, -0.2) is 46.2 Å². The number of carbonyl (C=O) groups is 1. The first-order valence-corrected chi connectivity index (χ1v) is 10.0. The molecule has 154 valence electrons. The predicted octanol–water partition coefficient (Wildman–Crippen LogP) is 3.29. The first-order chi connectivity index (χ1) is 12.8. The highest BCUT2D eigenvalue weighted by molar-refractivity contribution is 5.69. The van der Waals surface area contributed by atoms with E-state index in [0.717, 1.165) is 19.3 Å². The summed E-state index contributed by atoms with van der Waals surface area (Å²) in [6.07, 6.45) is 11.7. The summed E-state index contributed by atoms with van der Waals surface area (Å²) in [6.45, 7) is 3.92. The highest BCUT2D eigenvalue weighted by atomic mass is 16.5. The number of allylic oxidation sites excluding steroid dienone is 1. The molecule has 0 amide bonds. The van der Waals surface area contributed by atoms with Gasteiger partial charge in [-0.2, -0.15) is 0 Å². The third-order valence-corrected chi connectivity index (χ3v) is 5.23. The molecule has 5 nitrogen and oxygen atoms in total. The lowest BCUT2D eigenvalue weighted by atomic mass is 9.88. The monoisotopic (exact) mass is 380 g/mol. The minimum absolute atomic E-state index is 0.107. The molecular weight excluding hydrogens is 344 g/mol. The average Bonchev–Trinajstić information content (AvgIpc) is 2.89. The lowest BCUT2D eigenvalue weighted by Gasteiger charge is -2.23. The Morgan fingerprint density at radius 3 is 2.67 bits per heavy atom. The lowest BCUT2D eigenvalue weighted by molar-refractivity contribution is -0.140. The summed E-state index contributed by atoms with van der Waals surface area (Å²) in [5.41, 5.74) is 2.14. The summed E-state index contributed by atoms with van der Waals surface area (Å²) in [6, 6.07) is 0. The van der Waals surface area contributed by atoms with E-state index in [1.807, 2.05) is 12.2 Å². The minimum atomic E-state index is -0.892. The Balaban J connectivity index is 2.62. The molecule has 5 atom stereocenters. The maximum Gasteiger partial charge on any atom is 0.305 e. The topological polar surface area (TPSA) is 87.0 Å². The predicted molar refractivity (Wildman–Crippen MR) is 106 cm³/mol. The van der Waals surface area contributed by atoms with E-state index >= 15 is 0 Å². The highest BCUT2D eigenvalue weighted by Gasteiger charge is 2.39. The van der Waals surface area contributed by atoms with Gasteiger partial charge in [-0.05, 0) is 44.3 Å². The van der Waals surface area contributed by atoms with Crippen LogP contribution in [0.1, 0.15) is 65.2 Å². The van der Waals surface area contributed by atoms with Gasteiger partial charge in [-0.3, -0.25) is 4.79 Å². The molecule has 0 aromatic carbocycles. The molecule has 5 unspecified atom stereocenters.